The van der Waals surface area contributed by atoms with Crippen LogP contribution in [0.25, 0.3) is 0 Å². The van der Waals surface area contributed by atoms with Gasteiger partial charge in [-0.15, -0.1) is 11.3 Å². The molecule has 0 fully saturated rings. The first-order valence-electron chi connectivity index (χ1n) is 10.2. The number of carbonyl (C=O) groups excluding carboxylic acids is 2. The molecule has 1 N–H and O–H groups in total. The third-order valence-electron chi connectivity index (χ3n) is 4.88. The molecule has 1 aromatic heterocycles. The van der Waals surface area contributed by atoms with Crippen LogP contribution in [-0.4, -0.2) is 18.8 Å². The monoisotopic (exact) mass is 437 g/mol. The van der Waals surface area contributed by atoms with E-state index in [0.29, 0.717) is 24.7 Å². The summed E-state index contributed by atoms with van der Waals surface area (Å²) in [4.78, 5) is 26.7. The molecule has 0 bridgehead atoms. The lowest BCUT2D eigenvalue weighted by molar-refractivity contribution is -0.121. The summed E-state index contributed by atoms with van der Waals surface area (Å²) in [5.74, 6) is 1.12. The zero-order chi connectivity index (χ0) is 22.2. The largest absolute Gasteiger partial charge is 0.493 e. The number of Topliss-reactive ketones (excluding diaryl/α,β-unsaturated/α-hetero) is 1. The Morgan fingerprint density at radius 2 is 1.71 bits per heavy atom. The number of aryl methyl sites for hydroxylation is 2. The third kappa shape index (κ3) is 6.43. The van der Waals surface area contributed by atoms with E-state index in [2.05, 4.69) is 5.32 Å². The highest BCUT2D eigenvalue weighted by molar-refractivity contribution is 7.12. The molecule has 5 nitrogen and oxygen atoms in total. The van der Waals surface area contributed by atoms with Gasteiger partial charge in [-0.3, -0.25) is 9.59 Å². The molecule has 3 rings (SSSR count). The second kappa shape index (κ2) is 10.8. The van der Waals surface area contributed by atoms with Gasteiger partial charge in [0.05, 0.1) is 7.11 Å². The highest BCUT2D eigenvalue weighted by atomic mass is 32.1. The van der Waals surface area contributed by atoms with Crippen LogP contribution in [0.5, 0.6) is 11.5 Å². The number of carbonyl (C=O) groups is 2. The van der Waals surface area contributed by atoms with E-state index < -0.39 is 0 Å². The summed E-state index contributed by atoms with van der Waals surface area (Å²) >= 11 is 1.60. The molecule has 31 heavy (non-hydrogen) atoms. The Morgan fingerprint density at radius 1 is 0.935 bits per heavy atom. The standard InChI is InChI=1S/C25H27NO4S/c1-17-13-21(18(2)31-17)22(27)10-12-25(28)26-15-20-9-11-23(24(14-20)29-3)30-16-19-7-5-4-6-8-19/h4-9,11,13-14H,10,12,15-16H2,1-3H3,(H,26,28). The maximum Gasteiger partial charge on any atom is 0.220 e. The van der Waals surface area contributed by atoms with Crippen molar-refractivity contribution in [2.75, 3.05) is 7.11 Å². The summed E-state index contributed by atoms with van der Waals surface area (Å²) in [6.45, 7) is 4.72. The van der Waals surface area contributed by atoms with Crippen molar-refractivity contribution in [1.82, 2.24) is 5.32 Å². The minimum absolute atomic E-state index is 0.0126. The topological polar surface area (TPSA) is 64.6 Å². The van der Waals surface area contributed by atoms with E-state index >= 15 is 0 Å². The smallest absolute Gasteiger partial charge is 0.220 e. The molecule has 2 aromatic carbocycles. The second-order valence-electron chi connectivity index (χ2n) is 7.29. The Kier molecular flexibility index (Phi) is 7.84. The van der Waals surface area contributed by atoms with Crippen molar-refractivity contribution in [3.8, 4) is 11.5 Å². The first-order valence-corrected chi connectivity index (χ1v) is 11.0. The fraction of sp³-hybridized carbons (Fsp3) is 0.280. The Labute approximate surface area is 187 Å². The van der Waals surface area contributed by atoms with E-state index in [9.17, 15) is 9.59 Å². The van der Waals surface area contributed by atoms with Crippen LogP contribution in [-0.2, 0) is 17.9 Å². The summed E-state index contributed by atoms with van der Waals surface area (Å²) in [6.07, 6.45) is 0.376. The highest BCUT2D eigenvalue weighted by Crippen LogP contribution is 2.29. The number of nitrogens with one attached hydrogen (secondary N) is 1. The van der Waals surface area contributed by atoms with Crippen molar-refractivity contribution in [2.45, 2.75) is 39.8 Å². The Balaban J connectivity index is 1.49. The number of rotatable bonds is 10. The number of amides is 1. The summed E-state index contributed by atoms with van der Waals surface area (Å²) in [5, 5.41) is 2.87. The number of ether oxygens (including phenoxy) is 2. The van der Waals surface area contributed by atoms with Crippen LogP contribution >= 0.6 is 11.3 Å². The predicted molar refractivity (Wildman–Crippen MR) is 123 cm³/mol. The number of ketones is 1. The van der Waals surface area contributed by atoms with Gasteiger partial charge in [0.1, 0.15) is 6.61 Å². The molecule has 0 aliphatic heterocycles. The van der Waals surface area contributed by atoms with Gasteiger partial charge in [0, 0.05) is 34.7 Å². The van der Waals surface area contributed by atoms with Gasteiger partial charge in [-0.25, -0.2) is 0 Å². The number of thiophene rings is 1. The van der Waals surface area contributed by atoms with Crippen LogP contribution in [0.4, 0.5) is 0 Å². The maximum atomic E-state index is 12.3. The third-order valence-corrected chi connectivity index (χ3v) is 5.84. The summed E-state index contributed by atoms with van der Waals surface area (Å²) < 4.78 is 11.3. The zero-order valence-electron chi connectivity index (χ0n) is 18.1. The second-order valence-corrected chi connectivity index (χ2v) is 8.75. The minimum atomic E-state index is -0.152. The molecule has 0 atom stereocenters. The molecule has 3 aromatic rings. The van der Waals surface area contributed by atoms with Crippen molar-refractivity contribution in [3.63, 3.8) is 0 Å². The van der Waals surface area contributed by atoms with Gasteiger partial charge in [-0.2, -0.15) is 0 Å². The van der Waals surface area contributed by atoms with Crippen molar-refractivity contribution >= 4 is 23.0 Å². The number of hydrogen-bond acceptors (Lipinski definition) is 5. The van der Waals surface area contributed by atoms with Gasteiger partial charge in [0.25, 0.3) is 0 Å². The average Bonchev–Trinajstić information content (AvgIpc) is 3.13. The zero-order valence-corrected chi connectivity index (χ0v) is 18.9. The molecular weight excluding hydrogens is 410 g/mol. The van der Waals surface area contributed by atoms with Gasteiger partial charge < -0.3 is 14.8 Å². The Morgan fingerprint density at radius 3 is 2.39 bits per heavy atom. The molecule has 6 heteroatoms. The SMILES string of the molecule is COc1cc(CNC(=O)CCC(=O)c2cc(C)sc2C)ccc1OCc1ccccc1. The molecule has 0 saturated carbocycles. The van der Waals surface area contributed by atoms with E-state index in [-0.39, 0.29) is 24.5 Å². The van der Waals surface area contributed by atoms with E-state index in [0.717, 1.165) is 26.4 Å². The van der Waals surface area contributed by atoms with E-state index in [4.69, 9.17) is 9.47 Å². The van der Waals surface area contributed by atoms with Crippen molar-refractivity contribution < 1.29 is 19.1 Å². The van der Waals surface area contributed by atoms with E-state index in [1.807, 2.05) is 68.4 Å². The number of benzene rings is 2. The Bertz CT molecular complexity index is 1040. The molecule has 1 amide bonds. The first kappa shape index (κ1) is 22.6. The number of hydrogen-bond donors (Lipinski definition) is 1. The molecule has 0 aliphatic carbocycles. The number of methoxy groups -OCH3 is 1. The van der Waals surface area contributed by atoms with Crippen molar-refractivity contribution in [3.05, 3.63) is 81.0 Å². The lowest BCUT2D eigenvalue weighted by Gasteiger charge is -2.13. The van der Waals surface area contributed by atoms with Crippen LogP contribution in [0, 0.1) is 13.8 Å². The van der Waals surface area contributed by atoms with E-state index in [1.165, 1.54) is 0 Å². The lowest BCUT2D eigenvalue weighted by Crippen LogP contribution is -2.23. The minimum Gasteiger partial charge on any atom is -0.493 e. The van der Waals surface area contributed by atoms with Crippen LogP contribution in [0.15, 0.2) is 54.6 Å². The molecule has 1 heterocycles. The molecule has 0 aliphatic rings. The van der Waals surface area contributed by atoms with Gasteiger partial charge in [0.15, 0.2) is 17.3 Å². The Hall–Kier alpha value is -3.12. The molecule has 0 saturated heterocycles. The van der Waals surface area contributed by atoms with Crippen LogP contribution in [0.1, 0.15) is 44.1 Å². The molecule has 0 radical (unpaired) electrons. The van der Waals surface area contributed by atoms with Crippen LogP contribution < -0.4 is 14.8 Å². The van der Waals surface area contributed by atoms with E-state index in [1.54, 1.807) is 18.4 Å². The van der Waals surface area contributed by atoms with Gasteiger partial charge >= 0.3 is 0 Å². The fourth-order valence-corrected chi connectivity index (χ4v) is 4.18. The predicted octanol–water partition coefficient (Wildman–Crippen LogP) is 5.23. The fourth-order valence-electron chi connectivity index (χ4n) is 3.23. The van der Waals surface area contributed by atoms with Crippen LogP contribution in [0.3, 0.4) is 0 Å². The summed E-state index contributed by atoms with van der Waals surface area (Å²) in [6, 6.07) is 17.4. The van der Waals surface area contributed by atoms with Crippen molar-refractivity contribution in [1.29, 1.82) is 0 Å². The first-order chi connectivity index (χ1) is 15.0. The van der Waals surface area contributed by atoms with Crippen LogP contribution in [0.2, 0.25) is 0 Å². The maximum absolute atomic E-state index is 12.3. The van der Waals surface area contributed by atoms with Gasteiger partial charge in [-0.1, -0.05) is 36.4 Å². The van der Waals surface area contributed by atoms with Gasteiger partial charge in [-0.05, 0) is 43.2 Å². The van der Waals surface area contributed by atoms with Crippen molar-refractivity contribution in [2.24, 2.45) is 0 Å². The molecular formula is C25H27NO4S. The molecule has 0 unspecified atom stereocenters. The highest BCUT2D eigenvalue weighted by Gasteiger charge is 2.14. The summed E-state index contributed by atoms with van der Waals surface area (Å²) in [5.41, 5.74) is 2.70. The average molecular weight is 438 g/mol. The normalized spacial score (nSPS) is 10.5. The van der Waals surface area contributed by atoms with Gasteiger partial charge in [0.2, 0.25) is 5.91 Å². The quantitative estimate of drug-likeness (QED) is 0.441. The molecule has 162 valence electrons. The summed E-state index contributed by atoms with van der Waals surface area (Å²) in [7, 11) is 1.59. The lowest BCUT2D eigenvalue weighted by atomic mass is 10.1. The molecule has 0 spiro atoms.